The summed E-state index contributed by atoms with van der Waals surface area (Å²) < 4.78 is 53.1. The van der Waals surface area contributed by atoms with E-state index in [2.05, 4.69) is 5.32 Å². The minimum atomic E-state index is -4.05. The first-order valence-corrected chi connectivity index (χ1v) is 9.23. The van der Waals surface area contributed by atoms with Crippen molar-refractivity contribution in [3.63, 3.8) is 0 Å². The highest BCUT2D eigenvalue weighted by molar-refractivity contribution is 7.89. The summed E-state index contributed by atoms with van der Waals surface area (Å²) >= 11 is 5.29. The van der Waals surface area contributed by atoms with Gasteiger partial charge in [0, 0.05) is 32.2 Å². The number of hydrogen-bond donors (Lipinski definition) is 1. The van der Waals surface area contributed by atoms with Gasteiger partial charge < -0.3 is 10.2 Å². The molecule has 126 valence electrons. The van der Waals surface area contributed by atoms with Crippen LogP contribution in [-0.2, 0) is 10.0 Å². The minimum Gasteiger partial charge on any atom is -0.360 e. The van der Waals surface area contributed by atoms with Crippen molar-refractivity contribution in [1.82, 2.24) is 14.5 Å². The predicted octanol–water partition coefficient (Wildman–Crippen LogP) is 1.31. The second kappa shape index (κ2) is 6.29. The third kappa shape index (κ3) is 3.61. The number of hydrogen-bond acceptors (Lipinski definition) is 3. The number of halogens is 2. The summed E-state index contributed by atoms with van der Waals surface area (Å²) in [5.41, 5.74) is 0. The number of nitrogens with zero attached hydrogens (tertiary/aromatic N) is 2. The largest absolute Gasteiger partial charge is 0.360 e. The van der Waals surface area contributed by atoms with Gasteiger partial charge in [-0.15, -0.1) is 0 Å². The Morgan fingerprint density at radius 1 is 1.17 bits per heavy atom. The van der Waals surface area contributed by atoms with Gasteiger partial charge in [-0.25, -0.2) is 17.2 Å². The van der Waals surface area contributed by atoms with Crippen molar-refractivity contribution in [3.05, 3.63) is 29.8 Å². The molecule has 1 saturated heterocycles. The summed E-state index contributed by atoms with van der Waals surface area (Å²) in [6, 6.07) is 2.88. The molecule has 0 spiro atoms. The van der Waals surface area contributed by atoms with E-state index in [9.17, 15) is 17.2 Å². The van der Waals surface area contributed by atoms with Crippen molar-refractivity contribution < 1.29 is 17.2 Å². The van der Waals surface area contributed by atoms with Crippen LogP contribution in [0, 0.1) is 11.6 Å². The zero-order valence-electron chi connectivity index (χ0n) is 12.3. The van der Waals surface area contributed by atoms with E-state index in [1.807, 2.05) is 4.90 Å². The molecule has 3 rings (SSSR count). The van der Waals surface area contributed by atoms with Crippen LogP contribution in [-0.4, -0.2) is 55.0 Å². The second-order valence-corrected chi connectivity index (χ2v) is 7.98. The Kier molecular flexibility index (Phi) is 4.52. The number of sulfonamides is 1. The minimum absolute atomic E-state index is 0.185. The molecule has 2 fully saturated rings. The van der Waals surface area contributed by atoms with Crippen LogP contribution in [0.5, 0.6) is 0 Å². The summed E-state index contributed by atoms with van der Waals surface area (Å²) in [5, 5.41) is 3.83. The maximum absolute atomic E-state index is 13.8. The molecule has 9 heteroatoms. The van der Waals surface area contributed by atoms with E-state index in [1.54, 1.807) is 0 Å². The van der Waals surface area contributed by atoms with Crippen LogP contribution >= 0.6 is 12.2 Å². The fourth-order valence-electron chi connectivity index (χ4n) is 2.44. The van der Waals surface area contributed by atoms with Gasteiger partial charge in [0.15, 0.2) is 5.11 Å². The third-order valence-electron chi connectivity index (χ3n) is 3.94. The van der Waals surface area contributed by atoms with E-state index < -0.39 is 26.6 Å². The quantitative estimate of drug-likeness (QED) is 0.823. The Labute approximate surface area is 139 Å². The molecule has 1 N–H and O–H groups in total. The molecule has 0 amide bonds. The van der Waals surface area contributed by atoms with E-state index in [1.165, 1.54) is 4.31 Å². The standard InChI is InChI=1S/C14H17F2N3O2S2/c15-10-1-4-12(16)13(9-10)23(20,21)19-7-5-18(6-8-19)14(22)17-11-2-3-11/h1,4,9,11H,2-3,5-8H2,(H,17,22). The number of rotatable bonds is 3. The molecule has 1 heterocycles. The molecule has 0 unspecified atom stereocenters. The maximum Gasteiger partial charge on any atom is 0.246 e. The number of piperazine rings is 1. The molecule has 0 bridgehead atoms. The Morgan fingerprint density at radius 3 is 2.43 bits per heavy atom. The lowest BCUT2D eigenvalue weighted by molar-refractivity contribution is 0.263. The molecule has 1 aliphatic carbocycles. The van der Waals surface area contributed by atoms with E-state index >= 15 is 0 Å². The van der Waals surface area contributed by atoms with Crippen LogP contribution in [0.1, 0.15) is 12.8 Å². The van der Waals surface area contributed by atoms with Gasteiger partial charge in [-0.1, -0.05) is 0 Å². The average Bonchev–Trinajstić information content (AvgIpc) is 3.33. The summed E-state index contributed by atoms with van der Waals surface area (Å²) in [4.78, 5) is 1.28. The van der Waals surface area contributed by atoms with Crippen molar-refractivity contribution in [2.75, 3.05) is 26.2 Å². The fraction of sp³-hybridized carbons (Fsp3) is 0.500. The van der Waals surface area contributed by atoms with Gasteiger partial charge in [-0.3, -0.25) is 0 Å². The maximum atomic E-state index is 13.8. The van der Waals surface area contributed by atoms with E-state index in [0.717, 1.165) is 31.0 Å². The Bertz CT molecular complexity index is 715. The molecule has 1 saturated carbocycles. The smallest absolute Gasteiger partial charge is 0.246 e. The molecule has 0 aromatic heterocycles. The topological polar surface area (TPSA) is 52.7 Å². The van der Waals surface area contributed by atoms with Gasteiger partial charge in [-0.2, -0.15) is 4.31 Å². The zero-order valence-corrected chi connectivity index (χ0v) is 14.0. The lowest BCUT2D eigenvalue weighted by Gasteiger charge is -2.35. The highest BCUT2D eigenvalue weighted by atomic mass is 32.2. The van der Waals surface area contributed by atoms with Crippen molar-refractivity contribution in [3.8, 4) is 0 Å². The van der Waals surface area contributed by atoms with Gasteiger partial charge in [0.25, 0.3) is 0 Å². The van der Waals surface area contributed by atoms with E-state index in [4.69, 9.17) is 12.2 Å². The number of benzene rings is 1. The fourth-order valence-corrected chi connectivity index (χ4v) is 4.29. The van der Waals surface area contributed by atoms with Crippen molar-refractivity contribution >= 4 is 27.4 Å². The first kappa shape index (κ1) is 16.5. The SMILES string of the molecule is O=S(=O)(c1cc(F)ccc1F)N1CCN(C(=S)NC2CC2)CC1. The molecule has 1 aromatic carbocycles. The van der Waals surface area contributed by atoms with Crippen molar-refractivity contribution in [2.24, 2.45) is 0 Å². The molecule has 2 aliphatic rings. The summed E-state index contributed by atoms with van der Waals surface area (Å²) in [7, 11) is -4.05. The van der Waals surface area contributed by atoms with Crippen LogP contribution in [0.25, 0.3) is 0 Å². The van der Waals surface area contributed by atoms with Crippen LogP contribution in [0.3, 0.4) is 0 Å². The highest BCUT2D eigenvalue weighted by Gasteiger charge is 2.32. The van der Waals surface area contributed by atoms with E-state index in [-0.39, 0.29) is 13.1 Å². The number of nitrogens with one attached hydrogen (secondary N) is 1. The Hall–Kier alpha value is -1.32. The lowest BCUT2D eigenvalue weighted by Crippen LogP contribution is -2.53. The molecule has 1 aromatic rings. The van der Waals surface area contributed by atoms with Crippen LogP contribution in [0.4, 0.5) is 8.78 Å². The average molecular weight is 361 g/mol. The van der Waals surface area contributed by atoms with E-state index in [0.29, 0.717) is 24.2 Å². The summed E-state index contributed by atoms with van der Waals surface area (Å²) in [6.07, 6.45) is 2.21. The molecule has 0 atom stereocenters. The predicted molar refractivity (Wildman–Crippen MR) is 85.4 cm³/mol. The number of thiocarbonyl (C=S) groups is 1. The van der Waals surface area contributed by atoms with Crippen molar-refractivity contribution in [1.29, 1.82) is 0 Å². The summed E-state index contributed by atoms with van der Waals surface area (Å²) in [5.74, 6) is -1.72. The second-order valence-electron chi connectivity index (χ2n) is 5.69. The van der Waals surface area contributed by atoms with Crippen LogP contribution in [0.15, 0.2) is 23.1 Å². The van der Waals surface area contributed by atoms with Crippen LogP contribution in [0.2, 0.25) is 0 Å². The Morgan fingerprint density at radius 2 is 1.83 bits per heavy atom. The molecule has 0 radical (unpaired) electrons. The molecule has 5 nitrogen and oxygen atoms in total. The molecule has 1 aliphatic heterocycles. The lowest BCUT2D eigenvalue weighted by atomic mass is 10.3. The van der Waals surface area contributed by atoms with Crippen LogP contribution < -0.4 is 5.32 Å². The third-order valence-corrected chi connectivity index (χ3v) is 6.23. The summed E-state index contributed by atoms with van der Waals surface area (Å²) in [6.45, 7) is 1.22. The first-order valence-electron chi connectivity index (χ1n) is 7.38. The van der Waals surface area contributed by atoms with Gasteiger partial charge >= 0.3 is 0 Å². The van der Waals surface area contributed by atoms with Gasteiger partial charge in [0.05, 0.1) is 0 Å². The van der Waals surface area contributed by atoms with Gasteiger partial charge in [0.2, 0.25) is 10.0 Å². The monoisotopic (exact) mass is 361 g/mol. The highest BCUT2D eigenvalue weighted by Crippen LogP contribution is 2.22. The first-order chi connectivity index (χ1) is 10.9. The Balaban J connectivity index is 1.68. The molecular formula is C14H17F2N3O2S2. The van der Waals surface area contributed by atoms with Crippen molar-refractivity contribution in [2.45, 2.75) is 23.8 Å². The molecular weight excluding hydrogens is 344 g/mol. The zero-order chi connectivity index (χ0) is 16.6. The van der Waals surface area contributed by atoms with Gasteiger partial charge in [-0.05, 0) is 43.3 Å². The molecule has 23 heavy (non-hydrogen) atoms. The van der Waals surface area contributed by atoms with Gasteiger partial charge in [0.1, 0.15) is 16.5 Å². The normalized spacial score (nSPS) is 19.7.